The molecule has 4 amide bonds. The molecule has 3 aromatic heterocycles. The van der Waals surface area contributed by atoms with Gasteiger partial charge >= 0.3 is 16.8 Å². The first-order chi connectivity index (χ1) is 42.4. The number of rotatable bonds is 16. The van der Waals surface area contributed by atoms with Crippen molar-refractivity contribution in [3.05, 3.63) is 119 Å². The molecule has 4 saturated carbocycles. The van der Waals surface area contributed by atoms with Crippen LogP contribution in [0, 0.1) is 52.3 Å². The van der Waals surface area contributed by atoms with Crippen molar-refractivity contribution in [2.45, 2.75) is 88.0 Å². The van der Waals surface area contributed by atoms with E-state index < -0.39 is 0 Å². The third-order valence-corrected chi connectivity index (χ3v) is 19.2. The summed E-state index contributed by atoms with van der Waals surface area (Å²) in [5.41, 5.74) is 10.0. The zero-order chi connectivity index (χ0) is 62.8. The van der Waals surface area contributed by atoms with Crippen molar-refractivity contribution in [1.82, 2.24) is 19.9 Å². The van der Waals surface area contributed by atoms with E-state index in [0.717, 1.165) is 31.2 Å². The molecule has 17 heteroatoms. The number of aryl methyl sites for hydroxylation is 1. The first kappa shape index (κ1) is 61.3. The molecule has 6 aliphatic rings. The molecule has 5 heterocycles. The normalized spacial score (nSPS) is 19.6. The predicted octanol–water partition coefficient (Wildman–Crippen LogP) is 14.9. The third-order valence-electron chi connectivity index (χ3n) is 19.2. The van der Waals surface area contributed by atoms with Crippen molar-refractivity contribution in [2.24, 2.45) is 45.3 Å². The van der Waals surface area contributed by atoms with Crippen molar-refractivity contribution in [3.8, 4) is 67.5 Å². The maximum Gasteiger partial charge on any atom is 2.00 e. The Kier molecular flexibility index (Phi) is 15.3. The van der Waals surface area contributed by atoms with E-state index in [1.54, 1.807) is 28.4 Å². The molecule has 0 spiro atoms. The van der Waals surface area contributed by atoms with E-state index in [0.29, 0.717) is 135 Å². The maximum absolute atomic E-state index is 14.4. The summed E-state index contributed by atoms with van der Waals surface area (Å²) >= 11 is 0. The predicted molar refractivity (Wildman–Crippen MR) is 352 cm³/mol. The third kappa shape index (κ3) is 11.0. The van der Waals surface area contributed by atoms with Crippen LogP contribution >= 0.6 is 0 Å². The van der Waals surface area contributed by atoms with Crippen LogP contribution < -0.4 is 50.2 Å². The van der Waals surface area contributed by atoms with E-state index in [2.05, 4.69) is 76.7 Å². The molecule has 8 bridgehead atoms. The fraction of sp³-hybridized carbons (Fsp3) is 0.342. The molecule has 4 aromatic carbocycles. The van der Waals surface area contributed by atoms with Gasteiger partial charge in [0.05, 0.1) is 85.1 Å². The SMILES string of the molecule is COc1cccc(OC)c1-c1c2nc(c(-c3c(NC(=O)[C@H]4CC4(C)C)cccc3NC(=O)[C@@H]3CC3(C)C)c3ccc([n-]3)c(-c3c(OC)cc(C)cc3OC)c3nc(c(-c4c(NC(=O)[C@H]5CC5(C)C)cccc4NC(=O)[C@@H]4CC4(C)C)c4ccc1[n-]4)C=C3)C=C2.[Co+2]. The van der Waals surface area contributed by atoms with E-state index in [9.17, 15) is 19.2 Å². The van der Waals surface area contributed by atoms with Crippen LogP contribution in [-0.4, -0.2) is 62.0 Å². The molecule has 0 unspecified atom stereocenters. The molecule has 463 valence electrons. The van der Waals surface area contributed by atoms with Gasteiger partial charge in [-0.2, -0.15) is 0 Å². The second kappa shape index (κ2) is 22.5. The van der Waals surface area contributed by atoms with Gasteiger partial charge in [0.15, 0.2) is 0 Å². The molecule has 4 fully saturated rings. The molecule has 4 N–H and O–H groups in total. The van der Waals surface area contributed by atoms with Gasteiger partial charge in [-0.25, -0.2) is 9.97 Å². The van der Waals surface area contributed by atoms with Crippen LogP contribution in [0.1, 0.15) is 109 Å². The summed E-state index contributed by atoms with van der Waals surface area (Å²) in [6.07, 6.45) is 10.6. The van der Waals surface area contributed by atoms with E-state index in [1.165, 1.54) is 0 Å². The van der Waals surface area contributed by atoms with Crippen molar-refractivity contribution in [1.29, 1.82) is 0 Å². The molecule has 2 aliphatic heterocycles. The summed E-state index contributed by atoms with van der Waals surface area (Å²) < 4.78 is 24.9. The number of methoxy groups -OCH3 is 4. The Balaban J connectivity index is 0.00000785. The van der Waals surface area contributed by atoms with Gasteiger partial charge in [0, 0.05) is 45.9 Å². The summed E-state index contributed by atoms with van der Waals surface area (Å²) in [6, 6.07) is 28.2. The van der Waals surface area contributed by atoms with Crippen molar-refractivity contribution < 1.29 is 54.9 Å². The number of benzene rings is 4. The van der Waals surface area contributed by atoms with Gasteiger partial charge < -0.3 is 50.2 Å². The van der Waals surface area contributed by atoms with E-state index in [-0.39, 0.29) is 85.7 Å². The maximum atomic E-state index is 14.4. The Labute approximate surface area is 534 Å². The van der Waals surface area contributed by atoms with E-state index >= 15 is 0 Å². The molecule has 0 saturated heterocycles. The minimum absolute atomic E-state index is 0. The van der Waals surface area contributed by atoms with Crippen LogP contribution in [0.3, 0.4) is 0 Å². The zero-order valence-electron chi connectivity index (χ0n) is 53.0. The largest absolute Gasteiger partial charge is 2.00 e. The standard InChI is InChI=1S/C73H76N8O8.Co/c1-37-31-56(88-12)65(57(32-37)89-13)63-52-29-25-48(76-52)60(58-42(78-66(82)38-33-70(38,2)3)17-14-18-43(58)79-67(83)39-34-71(39,4)5)46-23-27-50(74-46)62(64-54(86-10)21-16-22-55(64)87-11)51-28-24-47(75-51)61(49-26-30-53(63)77-49)59-44(80-68(84)40-35-72(40,6)7)19-15-20-45(59)81-69(85)41-36-73(41,8)9;/h14-32,38-41H,33-36H2,1-13H3,(H6,74,75,76,77,78,79,80,81,82,83,84,85);/q;+2/p-2/t38-,39+,40-,41+;. The number of fused-ring (bicyclic) bond motifs is 8. The van der Waals surface area contributed by atoms with Gasteiger partial charge in [0.1, 0.15) is 23.0 Å². The monoisotopic (exact) mass is 1250 g/mol. The van der Waals surface area contributed by atoms with Gasteiger partial charge in [0.2, 0.25) is 23.6 Å². The Bertz CT molecular complexity index is 4160. The summed E-state index contributed by atoms with van der Waals surface area (Å²) in [6.45, 7) is 18.6. The number of carbonyl (C=O) groups is 4. The number of nitrogens with one attached hydrogen (secondary N) is 4. The van der Waals surface area contributed by atoms with Crippen molar-refractivity contribution in [2.75, 3.05) is 49.7 Å². The van der Waals surface area contributed by atoms with Gasteiger partial charge in [-0.15, -0.1) is 22.1 Å². The first-order valence-corrected chi connectivity index (χ1v) is 30.4. The molecular formula is C73H74CoN8O8. The number of hydrogen-bond acceptors (Lipinski definition) is 10. The minimum Gasteiger partial charge on any atom is -0.657 e. The summed E-state index contributed by atoms with van der Waals surface area (Å²) in [4.78, 5) is 80.2. The molecule has 1 radical (unpaired) electrons. The van der Waals surface area contributed by atoms with E-state index in [1.807, 2.05) is 122 Å². The molecule has 16 nitrogen and oxygen atoms in total. The first-order valence-electron chi connectivity index (χ1n) is 30.4. The number of amides is 4. The smallest absolute Gasteiger partial charge is 0.657 e. The molecule has 4 atom stereocenters. The fourth-order valence-corrected chi connectivity index (χ4v) is 13.1. The quantitative estimate of drug-likeness (QED) is 0.0713. The number of anilines is 4. The Morgan fingerprint density at radius 2 is 0.633 bits per heavy atom. The molecule has 13 rings (SSSR count). The van der Waals surface area contributed by atoms with Gasteiger partial charge in [0.25, 0.3) is 0 Å². The van der Waals surface area contributed by atoms with Gasteiger partial charge in [-0.3, -0.25) is 19.2 Å². The number of ether oxygens (including phenoxy) is 4. The number of aromatic nitrogens is 4. The molecular weight excluding hydrogens is 1180 g/mol. The Hall–Kier alpha value is -8.93. The van der Waals surface area contributed by atoms with Crippen LogP contribution in [0.25, 0.3) is 90.9 Å². The number of carbonyl (C=O) groups excluding carboxylic acids is 4. The second-order valence-electron chi connectivity index (χ2n) is 27.3. The van der Waals surface area contributed by atoms with Gasteiger partial charge in [-0.05, 0) is 144 Å². The van der Waals surface area contributed by atoms with E-state index in [4.69, 9.17) is 38.9 Å². The summed E-state index contributed by atoms with van der Waals surface area (Å²) in [5, 5.41) is 13.3. The zero-order valence-corrected chi connectivity index (χ0v) is 54.0. The topological polar surface area (TPSA) is 207 Å². The Morgan fingerprint density at radius 3 is 0.889 bits per heavy atom. The van der Waals surface area contributed by atoms with Crippen molar-refractivity contribution >= 4 is 92.7 Å². The van der Waals surface area contributed by atoms with Crippen molar-refractivity contribution in [3.63, 3.8) is 0 Å². The molecule has 90 heavy (non-hydrogen) atoms. The molecule has 4 aliphatic carbocycles. The van der Waals surface area contributed by atoms with Crippen LogP contribution in [0.5, 0.6) is 23.0 Å². The number of hydrogen-bond donors (Lipinski definition) is 4. The summed E-state index contributed by atoms with van der Waals surface area (Å²) in [5.74, 6) is 0.499. The average Bonchev–Trinajstić information content (AvgIpc) is 1.62. The fourth-order valence-electron chi connectivity index (χ4n) is 13.1. The van der Waals surface area contributed by atoms with Crippen LogP contribution in [0.4, 0.5) is 22.7 Å². The van der Waals surface area contributed by atoms with Crippen LogP contribution in [0.15, 0.2) is 91.0 Å². The van der Waals surface area contributed by atoms with Crippen LogP contribution in [0.2, 0.25) is 0 Å². The molecule has 7 aromatic rings. The van der Waals surface area contributed by atoms with Crippen LogP contribution in [-0.2, 0) is 36.0 Å². The van der Waals surface area contributed by atoms with Gasteiger partial charge in [-0.1, -0.05) is 97.9 Å². The number of nitrogens with zero attached hydrogens (tertiary/aromatic N) is 4. The Morgan fingerprint density at radius 1 is 0.389 bits per heavy atom. The second-order valence-corrected chi connectivity index (χ2v) is 27.3. The average molecular weight is 1250 g/mol. The minimum atomic E-state index is -0.232. The summed E-state index contributed by atoms with van der Waals surface area (Å²) in [7, 11) is 6.43.